The quantitative estimate of drug-likeness (QED) is 0.738. The fourth-order valence-electron chi connectivity index (χ4n) is 1.50. The van der Waals surface area contributed by atoms with Gasteiger partial charge in [-0.05, 0) is 31.5 Å². The third-order valence-electron chi connectivity index (χ3n) is 2.44. The van der Waals surface area contributed by atoms with E-state index in [1.165, 1.54) is 0 Å². The monoisotopic (exact) mass is 270 g/mol. The van der Waals surface area contributed by atoms with Crippen molar-refractivity contribution in [2.75, 3.05) is 5.32 Å². The molecule has 0 heterocycles. The van der Waals surface area contributed by atoms with Gasteiger partial charge < -0.3 is 16.2 Å². The minimum atomic E-state index is -0.836. The van der Waals surface area contributed by atoms with E-state index in [0.717, 1.165) is 0 Å². The number of benzene rings is 1. The molecule has 5 nitrogen and oxygen atoms in total. The van der Waals surface area contributed by atoms with Crippen LogP contribution in [0.15, 0.2) is 18.2 Å². The highest BCUT2D eigenvalue weighted by atomic mass is 35.5. The van der Waals surface area contributed by atoms with Gasteiger partial charge in [0.15, 0.2) is 0 Å². The van der Waals surface area contributed by atoms with Crippen molar-refractivity contribution >= 4 is 29.2 Å². The van der Waals surface area contributed by atoms with Gasteiger partial charge in [0.25, 0.3) is 0 Å². The van der Waals surface area contributed by atoms with E-state index in [4.69, 9.17) is 22.4 Å². The van der Waals surface area contributed by atoms with Gasteiger partial charge in [-0.2, -0.15) is 0 Å². The zero-order valence-corrected chi connectivity index (χ0v) is 10.7. The molecule has 1 aromatic carbocycles. The Morgan fingerprint density at radius 3 is 2.72 bits per heavy atom. The van der Waals surface area contributed by atoms with Crippen LogP contribution in [0, 0.1) is 0 Å². The Hall–Kier alpha value is -1.75. The molecule has 0 aliphatic rings. The maximum atomic E-state index is 11.1. The van der Waals surface area contributed by atoms with E-state index in [0.29, 0.717) is 17.1 Å². The smallest absolute Gasteiger partial charge is 0.303 e. The molecule has 4 N–H and O–H groups in total. The van der Waals surface area contributed by atoms with E-state index in [2.05, 4.69) is 5.32 Å². The zero-order chi connectivity index (χ0) is 13.7. The average molecular weight is 271 g/mol. The number of aliphatic carboxylic acids is 1. The predicted molar refractivity (Wildman–Crippen MR) is 69.9 cm³/mol. The van der Waals surface area contributed by atoms with E-state index >= 15 is 0 Å². The number of hydrogen-bond acceptors (Lipinski definition) is 3. The lowest BCUT2D eigenvalue weighted by atomic mass is 10.1. The van der Waals surface area contributed by atoms with Gasteiger partial charge in [0.2, 0.25) is 5.91 Å². The molecule has 1 amide bonds. The van der Waals surface area contributed by atoms with Crippen LogP contribution in [0.3, 0.4) is 0 Å². The summed E-state index contributed by atoms with van der Waals surface area (Å²) >= 11 is 5.82. The van der Waals surface area contributed by atoms with Gasteiger partial charge in [0, 0.05) is 18.2 Å². The SMILES string of the molecule is CC(CCC(=O)O)Nc1ccc(Cl)c(C(N)=O)c1. The van der Waals surface area contributed by atoms with Crippen LogP contribution in [0.4, 0.5) is 5.69 Å². The molecule has 0 saturated carbocycles. The first-order valence-corrected chi connectivity index (χ1v) is 5.85. The van der Waals surface area contributed by atoms with Crippen LogP contribution in [-0.4, -0.2) is 23.0 Å². The topological polar surface area (TPSA) is 92.4 Å². The van der Waals surface area contributed by atoms with Crippen LogP contribution in [-0.2, 0) is 4.79 Å². The van der Waals surface area contributed by atoms with Crippen molar-refractivity contribution in [3.05, 3.63) is 28.8 Å². The summed E-state index contributed by atoms with van der Waals surface area (Å²) in [5.41, 5.74) is 6.11. The Bertz CT molecular complexity index is 463. The highest BCUT2D eigenvalue weighted by Gasteiger charge is 2.10. The van der Waals surface area contributed by atoms with Crippen LogP contribution in [0.2, 0.25) is 5.02 Å². The molecule has 0 radical (unpaired) electrons. The van der Waals surface area contributed by atoms with Crippen molar-refractivity contribution in [1.29, 1.82) is 0 Å². The molecular formula is C12H15ClN2O3. The molecular weight excluding hydrogens is 256 g/mol. The van der Waals surface area contributed by atoms with Crippen LogP contribution in [0.1, 0.15) is 30.1 Å². The fourth-order valence-corrected chi connectivity index (χ4v) is 1.71. The number of nitrogens with two attached hydrogens (primary N) is 1. The number of nitrogens with one attached hydrogen (secondary N) is 1. The van der Waals surface area contributed by atoms with Crippen LogP contribution >= 0.6 is 11.6 Å². The second kappa shape index (κ2) is 6.26. The molecule has 1 rings (SSSR count). The molecule has 18 heavy (non-hydrogen) atoms. The lowest BCUT2D eigenvalue weighted by Gasteiger charge is -2.15. The molecule has 98 valence electrons. The van der Waals surface area contributed by atoms with Crippen molar-refractivity contribution in [2.45, 2.75) is 25.8 Å². The number of carboxylic acids is 1. The normalized spacial score (nSPS) is 11.9. The molecule has 0 aromatic heterocycles. The van der Waals surface area contributed by atoms with E-state index in [1.54, 1.807) is 18.2 Å². The summed E-state index contributed by atoms with van der Waals surface area (Å²) in [4.78, 5) is 21.5. The number of amides is 1. The summed E-state index contributed by atoms with van der Waals surface area (Å²) in [5, 5.41) is 12.0. The molecule has 0 saturated heterocycles. The average Bonchev–Trinajstić information content (AvgIpc) is 2.28. The van der Waals surface area contributed by atoms with Crippen LogP contribution in [0.25, 0.3) is 0 Å². The van der Waals surface area contributed by atoms with Crippen molar-refractivity contribution < 1.29 is 14.7 Å². The first kappa shape index (κ1) is 14.3. The predicted octanol–water partition coefficient (Wildman–Crippen LogP) is 2.10. The third-order valence-corrected chi connectivity index (χ3v) is 2.77. The lowest BCUT2D eigenvalue weighted by molar-refractivity contribution is -0.137. The van der Waals surface area contributed by atoms with Gasteiger partial charge in [-0.3, -0.25) is 9.59 Å². The molecule has 6 heteroatoms. The molecule has 0 fully saturated rings. The molecule has 0 aliphatic carbocycles. The minimum absolute atomic E-state index is 0.0250. The number of carbonyl (C=O) groups excluding carboxylic acids is 1. The Balaban J connectivity index is 2.70. The number of carbonyl (C=O) groups is 2. The number of rotatable bonds is 6. The molecule has 0 bridgehead atoms. The summed E-state index contributed by atoms with van der Waals surface area (Å²) in [7, 11) is 0. The van der Waals surface area contributed by atoms with Crippen molar-refractivity contribution in [3.63, 3.8) is 0 Å². The first-order chi connectivity index (χ1) is 8.40. The van der Waals surface area contributed by atoms with Gasteiger partial charge in [-0.1, -0.05) is 11.6 Å². The number of primary amides is 1. The van der Waals surface area contributed by atoms with Gasteiger partial charge in [-0.25, -0.2) is 0 Å². The third kappa shape index (κ3) is 4.25. The fraction of sp³-hybridized carbons (Fsp3) is 0.333. The van der Waals surface area contributed by atoms with Gasteiger partial charge in [0.1, 0.15) is 0 Å². The van der Waals surface area contributed by atoms with Gasteiger partial charge >= 0.3 is 5.97 Å². The van der Waals surface area contributed by atoms with Crippen molar-refractivity contribution in [1.82, 2.24) is 0 Å². The summed E-state index contributed by atoms with van der Waals surface area (Å²) < 4.78 is 0. The largest absolute Gasteiger partial charge is 0.481 e. The summed E-state index contributed by atoms with van der Waals surface area (Å²) in [5.74, 6) is -1.43. The van der Waals surface area contributed by atoms with E-state index in [1.807, 2.05) is 6.92 Å². The Morgan fingerprint density at radius 2 is 2.17 bits per heavy atom. The Kier molecular flexibility index (Phi) is 4.97. The minimum Gasteiger partial charge on any atom is -0.481 e. The van der Waals surface area contributed by atoms with Gasteiger partial charge in [0.05, 0.1) is 10.6 Å². The molecule has 0 aliphatic heterocycles. The van der Waals surface area contributed by atoms with Crippen molar-refractivity contribution in [3.8, 4) is 0 Å². The zero-order valence-electron chi connectivity index (χ0n) is 9.94. The second-order valence-corrected chi connectivity index (χ2v) is 4.44. The lowest BCUT2D eigenvalue weighted by Crippen LogP contribution is -2.17. The van der Waals surface area contributed by atoms with Crippen LogP contribution in [0.5, 0.6) is 0 Å². The van der Waals surface area contributed by atoms with E-state index < -0.39 is 11.9 Å². The van der Waals surface area contributed by atoms with Crippen molar-refractivity contribution in [2.24, 2.45) is 5.73 Å². The van der Waals surface area contributed by atoms with E-state index in [9.17, 15) is 9.59 Å². The number of carboxylic acid groups (broad SMARTS) is 1. The summed E-state index contributed by atoms with van der Waals surface area (Å²) in [6, 6.07) is 4.82. The highest BCUT2D eigenvalue weighted by molar-refractivity contribution is 6.33. The maximum absolute atomic E-state index is 11.1. The summed E-state index contributed by atoms with van der Waals surface area (Å²) in [6.07, 6.45) is 0.578. The molecule has 0 spiro atoms. The number of halogens is 1. The maximum Gasteiger partial charge on any atom is 0.303 e. The van der Waals surface area contributed by atoms with Crippen LogP contribution < -0.4 is 11.1 Å². The number of anilines is 1. The van der Waals surface area contributed by atoms with E-state index in [-0.39, 0.29) is 18.0 Å². The summed E-state index contributed by atoms with van der Waals surface area (Å²) in [6.45, 7) is 1.86. The molecule has 1 unspecified atom stereocenters. The second-order valence-electron chi connectivity index (χ2n) is 4.04. The Morgan fingerprint density at radius 1 is 1.50 bits per heavy atom. The van der Waals surface area contributed by atoms with Gasteiger partial charge in [-0.15, -0.1) is 0 Å². The number of hydrogen-bond donors (Lipinski definition) is 3. The highest BCUT2D eigenvalue weighted by Crippen LogP contribution is 2.21. The standard InChI is InChI=1S/C12H15ClN2O3/c1-7(2-5-11(16)17)15-8-3-4-10(13)9(6-8)12(14)18/h3-4,6-7,15H,2,5H2,1H3,(H2,14,18)(H,16,17). The molecule has 1 atom stereocenters. The molecule has 1 aromatic rings. The Labute approximate surface area is 110 Å². The first-order valence-electron chi connectivity index (χ1n) is 5.48.